The predicted octanol–water partition coefficient (Wildman–Crippen LogP) is 3.94. The summed E-state index contributed by atoms with van der Waals surface area (Å²) in [5, 5.41) is 5.19. The Morgan fingerprint density at radius 1 is 1.05 bits per heavy atom. The second-order valence-electron chi connectivity index (χ2n) is 4.27. The van der Waals surface area contributed by atoms with E-state index in [1.165, 1.54) is 0 Å². The third-order valence-corrected chi connectivity index (χ3v) is 3.21. The van der Waals surface area contributed by atoms with E-state index < -0.39 is 0 Å². The summed E-state index contributed by atoms with van der Waals surface area (Å²) in [6, 6.07) is 15.4. The molecular weight excluding hydrogens is 260 g/mol. The molecule has 96 valence electrons. The van der Waals surface area contributed by atoms with E-state index in [0.29, 0.717) is 6.61 Å². The van der Waals surface area contributed by atoms with Gasteiger partial charge in [-0.2, -0.15) is 5.10 Å². The second-order valence-corrected chi connectivity index (χ2v) is 4.71. The number of rotatable bonds is 2. The van der Waals surface area contributed by atoms with Crippen molar-refractivity contribution >= 4 is 23.0 Å². The normalized spacial score (nSPS) is 15.7. The molecule has 2 aromatic carbocycles. The van der Waals surface area contributed by atoms with Crippen LogP contribution in [0.2, 0.25) is 5.02 Å². The Hall–Kier alpha value is -2.00. The maximum atomic E-state index is 5.85. The summed E-state index contributed by atoms with van der Waals surface area (Å²) >= 11 is 5.85. The first-order valence-corrected chi connectivity index (χ1v) is 6.51. The Morgan fingerprint density at radius 3 is 2.68 bits per heavy atom. The first-order chi connectivity index (χ1) is 9.33. The minimum absolute atomic E-state index is 0.665. The largest absolute Gasteiger partial charge is 0.492 e. The number of hydrogen-bond donors (Lipinski definition) is 1. The van der Waals surface area contributed by atoms with Gasteiger partial charge in [-0.3, -0.25) is 5.43 Å². The molecule has 0 bridgehead atoms. The molecule has 0 saturated carbocycles. The van der Waals surface area contributed by atoms with Crippen LogP contribution in [-0.4, -0.2) is 12.3 Å². The highest BCUT2D eigenvalue weighted by molar-refractivity contribution is 6.30. The molecule has 3 nitrogen and oxygen atoms in total. The molecule has 0 saturated heterocycles. The van der Waals surface area contributed by atoms with Gasteiger partial charge in [-0.05, 0) is 36.4 Å². The van der Waals surface area contributed by atoms with Crippen LogP contribution in [0.1, 0.15) is 12.0 Å². The summed E-state index contributed by atoms with van der Waals surface area (Å²) in [6.07, 6.45) is 0.803. The number of hydrazone groups is 1. The summed E-state index contributed by atoms with van der Waals surface area (Å²) in [6.45, 7) is 0.665. The Balaban J connectivity index is 1.83. The highest BCUT2D eigenvalue weighted by Gasteiger charge is 2.15. The van der Waals surface area contributed by atoms with Gasteiger partial charge < -0.3 is 4.74 Å². The highest BCUT2D eigenvalue weighted by atomic mass is 35.5. The number of benzene rings is 2. The molecule has 1 N–H and O–H groups in total. The topological polar surface area (TPSA) is 33.6 Å². The van der Waals surface area contributed by atoms with Crippen LogP contribution in [0.3, 0.4) is 0 Å². The maximum absolute atomic E-state index is 5.85. The molecule has 4 heteroatoms. The highest BCUT2D eigenvalue weighted by Crippen LogP contribution is 2.24. The summed E-state index contributed by atoms with van der Waals surface area (Å²) < 4.78 is 5.60. The van der Waals surface area contributed by atoms with Crippen molar-refractivity contribution in [2.45, 2.75) is 6.42 Å². The molecule has 2 aromatic rings. The van der Waals surface area contributed by atoms with Crippen molar-refractivity contribution < 1.29 is 4.74 Å². The summed E-state index contributed by atoms with van der Waals surface area (Å²) in [4.78, 5) is 0. The van der Waals surface area contributed by atoms with Gasteiger partial charge in [-0.15, -0.1) is 0 Å². The molecule has 19 heavy (non-hydrogen) atoms. The Labute approximate surface area is 116 Å². The Kier molecular flexibility index (Phi) is 3.38. The van der Waals surface area contributed by atoms with Crippen LogP contribution in [0.5, 0.6) is 5.75 Å². The Morgan fingerprint density at radius 2 is 1.84 bits per heavy atom. The van der Waals surface area contributed by atoms with E-state index in [4.69, 9.17) is 16.3 Å². The van der Waals surface area contributed by atoms with E-state index in [9.17, 15) is 0 Å². The first kappa shape index (κ1) is 12.1. The average Bonchev–Trinajstić information content (AvgIpc) is 2.47. The van der Waals surface area contributed by atoms with Gasteiger partial charge in [-0.25, -0.2) is 0 Å². The van der Waals surface area contributed by atoms with Crippen LogP contribution < -0.4 is 10.2 Å². The van der Waals surface area contributed by atoms with Gasteiger partial charge in [0.2, 0.25) is 0 Å². The Bertz CT molecular complexity index is 608. The molecule has 0 radical (unpaired) electrons. The number of halogens is 1. The van der Waals surface area contributed by atoms with Crippen molar-refractivity contribution in [3.8, 4) is 5.75 Å². The van der Waals surface area contributed by atoms with Crippen LogP contribution in [0.15, 0.2) is 53.6 Å². The van der Waals surface area contributed by atoms with Crippen molar-refractivity contribution in [1.29, 1.82) is 0 Å². The van der Waals surface area contributed by atoms with Crippen molar-refractivity contribution in [3.63, 3.8) is 0 Å². The fraction of sp³-hybridized carbons (Fsp3) is 0.133. The van der Waals surface area contributed by atoms with Crippen molar-refractivity contribution in [3.05, 3.63) is 59.1 Å². The number of fused-ring (bicyclic) bond motifs is 1. The van der Waals surface area contributed by atoms with Crippen LogP contribution >= 0.6 is 11.6 Å². The van der Waals surface area contributed by atoms with Crippen LogP contribution in [0.4, 0.5) is 5.69 Å². The minimum atomic E-state index is 0.665. The van der Waals surface area contributed by atoms with Crippen LogP contribution in [0, 0.1) is 0 Å². The van der Waals surface area contributed by atoms with Gasteiger partial charge in [0.25, 0.3) is 0 Å². The van der Waals surface area contributed by atoms with Gasteiger partial charge in [-0.1, -0.05) is 23.7 Å². The maximum Gasteiger partial charge on any atom is 0.128 e. The molecule has 0 unspecified atom stereocenters. The predicted molar refractivity (Wildman–Crippen MR) is 78.2 cm³/mol. The van der Waals surface area contributed by atoms with E-state index in [2.05, 4.69) is 10.5 Å². The number of para-hydroxylation sites is 1. The smallest absolute Gasteiger partial charge is 0.128 e. The average molecular weight is 273 g/mol. The van der Waals surface area contributed by atoms with Crippen molar-refractivity contribution in [1.82, 2.24) is 0 Å². The zero-order valence-corrected chi connectivity index (χ0v) is 11.0. The molecule has 0 amide bonds. The van der Waals surface area contributed by atoms with Crippen LogP contribution in [-0.2, 0) is 0 Å². The molecule has 0 aromatic heterocycles. The number of ether oxygens (including phenoxy) is 1. The quantitative estimate of drug-likeness (QED) is 0.840. The lowest BCUT2D eigenvalue weighted by Gasteiger charge is -2.18. The molecule has 1 aliphatic rings. The fourth-order valence-corrected chi connectivity index (χ4v) is 2.12. The molecule has 1 aliphatic heterocycles. The summed E-state index contributed by atoms with van der Waals surface area (Å²) in [5.41, 5.74) is 6.04. The van der Waals surface area contributed by atoms with Gasteiger partial charge in [0.1, 0.15) is 5.75 Å². The number of nitrogens with zero attached hydrogens (tertiary/aromatic N) is 1. The lowest BCUT2D eigenvalue weighted by Crippen LogP contribution is -2.17. The van der Waals surface area contributed by atoms with Gasteiger partial charge in [0, 0.05) is 17.0 Å². The zero-order valence-electron chi connectivity index (χ0n) is 10.3. The SMILES string of the molecule is Clc1ccc(NN=C2CCOc3ccccc32)cc1. The number of hydrogen-bond acceptors (Lipinski definition) is 3. The molecule has 0 aliphatic carbocycles. The minimum Gasteiger partial charge on any atom is -0.492 e. The van der Waals surface area contributed by atoms with Gasteiger partial charge in [0.15, 0.2) is 0 Å². The molecule has 0 atom stereocenters. The molecule has 1 heterocycles. The molecular formula is C15H13ClN2O. The van der Waals surface area contributed by atoms with Crippen LogP contribution in [0.25, 0.3) is 0 Å². The lowest BCUT2D eigenvalue weighted by molar-refractivity contribution is 0.320. The lowest BCUT2D eigenvalue weighted by atomic mass is 10.0. The molecule has 3 rings (SSSR count). The summed E-state index contributed by atoms with van der Waals surface area (Å²) in [5.74, 6) is 0.894. The third kappa shape index (κ3) is 2.71. The monoisotopic (exact) mass is 272 g/mol. The number of anilines is 1. The first-order valence-electron chi connectivity index (χ1n) is 6.13. The van der Waals surface area contributed by atoms with E-state index in [0.717, 1.165) is 34.2 Å². The number of nitrogens with one attached hydrogen (secondary N) is 1. The van der Waals surface area contributed by atoms with Crippen molar-refractivity contribution in [2.75, 3.05) is 12.0 Å². The van der Waals surface area contributed by atoms with E-state index >= 15 is 0 Å². The van der Waals surface area contributed by atoms with E-state index in [1.54, 1.807) is 0 Å². The van der Waals surface area contributed by atoms with Gasteiger partial charge in [0.05, 0.1) is 18.0 Å². The third-order valence-electron chi connectivity index (χ3n) is 2.96. The molecule has 0 fully saturated rings. The van der Waals surface area contributed by atoms with E-state index in [1.807, 2.05) is 48.5 Å². The zero-order chi connectivity index (χ0) is 13.1. The standard InChI is InChI=1S/C15H13ClN2O/c16-11-5-7-12(8-6-11)17-18-14-9-10-19-15-4-2-1-3-13(14)15/h1-8,17H,9-10H2. The van der Waals surface area contributed by atoms with Gasteiger partial charge >= 0.3 is 0 Å². The molecule has 0 spiro atoms. The second kappa shape index (κ2) is 5.33. The summed E-state index contributed by atoms with van der Waals surface area (Å²) in [7, 11) is 0. The van der Waals surface area contributed by atoms with E-state index in [-0.39, 0.29) is 0 Å². The van der Waals surface area contributed by atoms with Crippen molar-refractivity contribution in [2.24, 2.45) is 5.10 Å². The fourth-order valence-electron chi connectivity index (χ4n) is 2.00.